The topological polar surface area (TPSA) is 104 Å². The van der Waals surface area contributed by atoms with E-state index in [-0.39, 0.29) is 0 Å². The number of carboxylic acid groups (broad SMARTS) is 2. The molecule has 1 aromatic heterocycles. The van der Waals surface area contributed by atoms with E-state index in [0.29, 0.717) is 0 Å². The Kier molecular flexibility index (Phi) is 5.25. The minimum atomic E-state index is -1.43. The summed E-state index contributed by atoms with van der Waals surface area (Å²) in [4.78, 5) is 34.6. The zero-order chi connectivity index (χ0) is 14.4. The first-order valence-electron chi connectivity index (χ1n) is 5.38. The molecule has 0 radical (unpaired) electrons. The smallest absolute Gasteiger partial charge is 0.326 e. The Morgan fingerprint density at radius 3 is 2.53 bits per heavy atom. The number of rotatable bonds is 6. The summed E-state index contributed by atoms with van der Waals surface area (Å²) in [5.74, 6) is -3.30. The van der Waals surface area contributed by atoms with E-state index in [0.717, 1.165) is 9.75 Å². The predicted octanol–water partition coefficient (Wildman–Crippen LogP) is 1.11. The van der Waals surface area contributed by atoms with Gasteiger partial charge in [0.15, 0.2) is 0 Å². The van der Waals surface area contributed by atoms with Crippen LogP contribution in [0.5, 0.6) is 0 Å². The number of carbonyl (C=O) groups is 3. The normalized spacial score (nSPS) is 12.3. The van der Waals surface area contributed by atoms with Crippen LogP contribution in [0, 0.1) is 6.92 Å². The zero-order valence-electron chi connectivity index (χ0n) is 10.1. The highest BCUT2D eigenvalue weighted by atomic mass is 32.1. The van der Waals surface area contributed by atoms with Crippen LogP contribution in [-0.2, 0) is 14.4 Å². The highest BCUT2D eigenvalue weighted by molar-refractivity contribution is 7.12. The van der Waals surface area contributed by atoms with Crippen LogP contribution in [0.25, 0.3) is 6.08 Å². The van der Waals surface area contributed by atoms with Gasteiger partial charge in [0.1, 0.15) is 6.04 Å². The van der Waals surface area contributed by atoms with E-state index >= 15 is 0 Å². The van der Waals surface area contributed by atoms with Gasteiger partial charge in [0.2, 0.25) is 5.91 Å². The second-order valence-electron chi connectivity index (χ2n) is 3.78. The summed E-state index contributed by atoms with van der Waals surface area (Å²) in [5.41, 5.74) is 0. The Hall–Kier alpha value is -2.15. The number of carboxylic acids is 2. The lowest BCUT2D eigenvalue weighted by Gasteiger charge is -2.10. The van der Waals surface area contributed by atoms with E-state index in [9.17, 15) is 14.4 Å². The molecule has 0 saturated heterocycles. The first-order chi connectivity index (χ1) is 8.88. The molecule has 0 aliphatic rings. The molecule has 6 nitrogen and oxygen atoms in total. The molecule has 0 saturated carbocycles. The van der Waals surface area contributed by atoms with Gasteiger partial charge in [-0.3, -0.25) is 9.59 Å². The standard InChI is InChI=1S/C12H13NO5S/c1-7-2-3-8(19-7)4-5-10(14)13-9(12(17)18)6-11(15)16/h2-5,9H,6H2,1H3,(H,13,14)(H,15,16)(H,17,18)/b5-4+/t9-/m0/s1. The van der Waals surface area contributed by atoms with Gasteiger partial charge in [0.25, 0.3) is 0 Å². The monoisotopic (exact) mass is 283 g/mol. The SMILES string of the molecule is Cc1ccc(/C=C/C(=O)N[C@@H](CC(=O)O)C(=O)O)s1. The highest BCUT2D eigenvalue weighted by Gasteiger charge is 2.21. The molecule has 1 atom stereocenters. The maximum absolute atomic E-state index is 11.5. The molecule has 7 heteroatoms. The van der Waals surface area contributed by atoms with Gasteiger partial charge >= 0.3 is 11.9 Å². The predicted molar refractivity (Wildman–Crippen MR) is 69.9 cm³/mol. The summed E-state index contributed by atoms with van der Waals surface area (Å²) >= 11 is 1.49. The van der Waals surface area contributed by atoms with Crippen LogP contribution in [0.15, 0.2) is 18.2 Å². The molecule has 0 bridgehead atoms. The zero-order valence-corrected chi connectivity index (χ0v) is 10.9. The Balaban J connectivity index is 2.60. The molecule has 0 aromatic carbocycles. The third-order valence-electron chi connectivity index (χ3n) is 2.15. The quantitative estimate of drug-likeness (QED) is 0.679. The number of carbonyl (C=O) groups excluding carboxylic acids is 1. The van der Waals surface area contributed by atoms with Gasteiger partial charge in [-0.25, -0.2) is 4.79 Å². The van der Waals surface area contributed by atoms with E-state index in [1.54, 1.807) is 6.08 Å². The maximum Gasteiger partial charge on any atom is 0.326 e. The van der Waals surface area contributed by atoms with Crippen LogP contribution in [0.2, 0.25) is 0 Å². The van der Waals surface area contributed by atoms with Gasteiger partial charge in [-0.05, 0) is 25.1 Å². The van der Waals surface area contributed by atoms with Crippen molar-refractivity contribution in [2.24, 2.45) is 0 Å². The minimum Gasteiger partial charge on any atom is -0.481 e. The molecule has 3 N–H and O–H groups in total. The van der Waals surface area contributed by atoms with Crippen molar-refractivity contribution in [2.75, 3.05) is 0 Å². The lowest BCUT2D eigenvalue weighted by atomic mass is 10.2. The van der Waals surface area contributed by atoms with E-state index in [2.05, 4.69) is 5.32 Å². The van der Waals surface area contributed by atoms with Crippen LogP contribution >= 0.6 is 11.3 Å². The molecule has 1 heterocycles. The Morgan fingerprint density at radius 2 is 2.05 bits per heavy atom. The van der Waals surface area contributed by atoms with Gasteiger partial charge in [-0.1, -0.05) is 0 Å². The van der Waals surface area contributed by atoms with Gasteiger partial charge in [0.05, 0.1) is 6.42 Å². The van der Waals surface area contributed by atoms with E-state index in [1.165, 1.54) is 17.4 Å². The van der Waals surface area contributed by atoms with Crippen LogP contribution in [0.4, 0.5) is 0 Å². The Labute approximate surface area is 113 Å². The lowest BCUT2D eigenvalue weighted by molar-refractivity contribution is -0.146. The highest BCUT2D eigenvalue weighted by Crippen LogP contribution is 2.16. The number of hydrogen-bond donors (Lipinski definition) is 3. The van der Waals surface area contributed by atoms with E-state index < -0.39 is 30.3 Å². The minimum absolute atomic E-state index is 0.639. The summed E-state index contributed by atoms with van der Waals surface area (Å²) in [7, 11) is 0. The van der Waals surface area contributed by atoms with Crippen molar-refractivity contribution in [1.82, 2.24) is 5.32 Å². The molecular formula is C12H13NO5S. The molecule has 1 rings (SSSR count). The van der Waals surface area contributed by atoms with Crippen LogP contribution < -0.4 is 5.32 Å². The van der Waals surface area contributed by atoms with Crippen molar-refractivity contribution >= 4 is 35.3 Å². The van der Waals surface area contributed by atoms with Crippen molar-refractivity contribution in [3.8, 4) is 0 Å². The molecule has 0 fully saturated rings. The fraction of sp³-hybridized carbons (Fsp3) is 0.250. The lowest BCUT2D eigenvalue weighted by Crippen LogP contribution is -2.41. The third kappa shape index (κ3) is 5.35. The average molecular weight is 283 g/mol. The summed E-state index contributed by atoms with van der Waals surface area (Å²) in [6.45, 7) is 1.93. The molecule has 102 valence electrons. The second-order valence-corrected chi connectivity index (χ2v) is 5.10. The van der Waals surface area contributed by atoms with E-state index in [1.807, 2.05) is 19.1 Å². The molecule has 0 aliphatic carbocycles. The number of aryl methyl sites for hydroxylation is 1. The molecule has 0 spiro atoms. The van der Waals surface area contributed by atoms with Crippen molar-refractivity contribution in [3.63, 3.8) is 0 Å². The summed E-state index contributed by atoms with van der Waals surface area (Å²) in [5, 5.41) is 19.4. The van der Waals surface area contributed by atoms with Crippen molar-refractivity contribution in [3.05, 3.63) is 28.0 Å². The molecule has 0 aliphatic heterocycles. The fourth-order valence-corrected chi connectivity index (χ4v) is 2.08. The first kappa shape index (κ1) is 14.9. The van der Waals surface area contributed by atoms with Gasteiger partial charge < -0.3 is 15.5 Å². The van der Waals surface area contributed by atoms with Crippen LogP contribution in [-0.4, -0.2) is 34.1 Å². The average Bonchev–Trinajstić information content (AvgIpc) is 2.71. The molecular weight excluding hydrogens is 270 g/mol. The van der Waals surface area contributed by atoms with Gasteiger partial charge in [-0.15, -0.1) is 11.3 Å². The molecule has 1 amide bonds. The number of amides is 1. The Bertz CT molecular complexity index is 520. The fourth-order valence-electron chi connectivity index (χ4n) is 1.30. The van der Waals surface area contributed by atoms with Crippen molar-refractivity contribution in [1.29, 1.82) is 0 Å². The Morgan fingerprint density at radius 1 is 1.37 bits per heavy atom. The van der Waals surface area contributed by atoms with Crippen molar-refractivity contribution < 1.29 is 24.6 Å². The van der Waals surface area contributed by atoms with Crippen LogP contribution in [0.1, 0.15) is 16.2 Å². The second kappa shape index (κ2) is 6.69. The summed E-state index contributed by atoms with van der Waals surface area (Å²) in [6.07, 6.45) is 2.07. The maximum atomic E-state index is 11.5. The molecule has 19 heavy (non-hydrogen) atoms. The number of thiophene rings is 1. The number of nitrogens with one attached hydrogen (secondary N) is 1. The summed E-state index contributed by atoms with van der Waals surface area (Å²) in [6, 6.07) is 2.29. The largest absolute Gasteiger partial charge is 0.481 e. The number of hydrogen-bond acceptors (Lipinski definition) is 4. The first-order valence-corrected chi connectivity index (χ1v) is 6.19. The van der Waals surface area contributed by atoms with Gasteiger partial charge in [-0.2, -0.15) is 0 Å². The third-order valence-corrected chi connectivity index (χ3v) is 3.12. The van der Waals surface area contributed by atoms with E-state index in [4.69, 9.17) is 10.2 Å². The summed E-state index contributed by atoms with van der Waals surface area (Å²) < 4.78 is 0. The van der Waals surface area contributed by atoms with Crippen LogP contribution in [0.3, 0.4) is 0 Å². The molecule has 0 unspecified atom stereocenters. The van der Waals surface area contributed by atoms with Gasteiger partial charge in [0, 0.05) is 15.8 Å². The number of aliphatic carboxylic acids is 2. The van der Waals surface area contributed by atoms with Crippen molar-refractivity contribution in [2.45, 2.75) is 19.4 Å². The molecule has 1 aromatic rings.